The quantitative estimate of drug-likeness (QED) is 0.349. The van der Waals surface area contributed by atoms with Crippen LogP contribution in [0.4, 0.5) is 21.6 Å². The molecule has 3 aromatic rings. The van der Waals surface area contributed by atoms with Crippen LogP contribution >= 0.6 is 0 Å². The Morgan fingerprint density at radius 3 is 2.84 bits per heavy atom. The number of hydrogen-bond acceptors (Lipinski definition) is 7. The van der Waals surface area contributed by atoms with Crippen molar-refractivity contribution in [2.24, 2.45) is 0 Å². The van der Waals surface area contributed by atoms with E-state index in [4.69, 9.17) is 10.5 Å². The van der Waals surface area contributed by atoms with Gasteiger partial charge in [-0.2, -0.15) is 0 Å². The van der Waals surface area contributed by atoms with Crippen molar-refractivity contribution in [3.63, 3.8) is 0 Å². The van der Waals surface area contributed by atoms with Gasteiger partial charge in [0.05, 0.1) is 23.2 Å². The van der Waals surface area contributed by atoms with Gasteiger partial charge >= 0.3 is 5.97 Å². The lowest BCUT2D eigenvalue weighted by Crippen LogP contribution is -2.23. The van der Waals surface area contributed by atoms with Crippen LogP contribution in [0.3, 0.4) is 0 Å². The van der Waals surface area contributed by atoms with Gasteiger partial charge in [-0.25, -0.2) is 14.2 Å². The van der Waals surface area contributed by atoms with Gasteiger partial charge in [0.25, 0.3) is 0 Å². The molecule has 9 nitrogen and oxygen atoms in total. The second-order valence-electron chi connectivity index (χ2n) is 7.15. The topological polar surface area (TPSA) is 131 Å². The molecule has 0 fully saturated rings. The molecule has 0 unspecified atom stereocenters. The molecule has 31 heavy (non-hydrogen) atoms. The van der Waals surface area contributed by atoms with Crippen LogP contribution in [0.5, 0.6) is 5.75 Å². The number of nitrogens with zero attached hydrogens (tertiary/aromatic N) is 2. The fourth-order valence-corrected chi connectivity index (χ4v) is 3.65. The number of aryl methyl sites for hydroxylation is 1. The first-order valence-electron chi connectivity index (χ1n) is 9.92. The van der Waals surface area contributed by atoms with E-state index in [1.807, 2.05) is 12.1 Å². The molecule has 0 atom stereocenters. The molecule has 10 heteroatoms. The number of anilines is 3. The van der Waals surface area contributed by atoms with Gasteiger partial charge < -0.3 is 30.8 Å². The average Bonchev–Trinajstić information content (AvgIpc) is 2.74. The maximum atomic E-state index is 15.2. The molecule has 1 aliphatic rings. The third kappa shape index (κ3) is 3.83. The second-order valence-corrected chi connectivity index (χ2v) is 7.15. The summed E-state index contributed by atoms with van der Waals surface area (Å²) in [6, 6.07) is 5.47. The largest absolute Gasteiger partial charge is 0.489 e. The fraction of sp³-hybridized carbons (Fsp3) is 0.286. The van der Waals surface area contributed by atoms with E-state index in [1.165, 1.54) is 6.20 Å². The number of nitrogens with two attached hydrogens (primary N) is 1. The number of pyridine rings is 2. The number of ether oxygens (including phenoxy) is 1. The third-order valence-corrected chi connectivity index (χ3v) is 5.12. The minimum atomic E-state index is -1.39. The lowest BCUT2D eigenvalue weighted by molar-refractivity contribution is 0.0694. The molecular weight excluding hydrogens is 405 g/mol. The average molecular weight is 427 g/mol. The van der Waals surface area contributed by atoms with E-state index in [0.29, 0.717) is 50.4 Å². The van der Waals surface area contributed by atoms with E-state index in [-0.39, 0.29) is 16.8 Å². The smallest absolute Gasteiger partial charge is 0.341 e. The number of carboxylic acids is 1. The van der Waals surface area contributed by atoms with Gasteiger partial charge in [-0.05, 0) is 25.0 Å². The van der Waals surface area contributed by atoms with E-state index < -0.39 is 28.5 Å². The van der Waals surface area contributed by atoms with Crippen molar-refractivity contribution in [2.75, 3.05) is 36.1 Å². The van der Waals surface area contributed by atoms with Crippen molar-refractivity contribution in [3.8, 4) is 5.75 Å². The molecule has 0 saturated carbocycles. The Hall–Kier alpha value is -3.82. The molecule has 1 aromatic carbocycles. The van der Waals surface area contributed by atoms with Crippen LogP contribution in [0.1, 0.15) is 23.2 Å². The van der Waals surface area contributed by atoms with Crippen LogP contribution in [-0.4, -0.2) is 40.3 Å². The molecule has 3 heterocycles. The zero-order valence-electron chi connectivity index (χ0n) is 16.7. The van der Waals surface area contributed by atoms with Crippen LogP contribution in [0.2, 0.25) is 0 Å². The molecular formula is C21H22FN5O4. The van der Waals surface area contributed by atoms with Crippen molar-refractivity contribution in [1.82, 2.24) is 9.55 Å². The molecule has 0 bridgehead atoms. The van der Waals surface area contributed by atoms with Gasteiger partial charge in [-0.3, -0.25) is 4.79 Å². The van der Waals surface area contributed by atoms with Gasteiger partial charge in [0, 0.05) is 32.0 Å². The predicted molar refractivity (Wildman–Crippen MR) is 115 cm³/mol. The molecule has 0 amide bonds. The minimum Gasteiger partial charge on any atom is -0.489 e. The molecule has 5 N–H and O–H groups in total. The number of benzene rings is 1. The van der Waals surface area contributed by atoms with Crippen molar-refractivity contribution in [2.45, 2.75) is 19.4 Å². The number of halogens is 1. The summed E-state index contributed by atoms with van der Waals surface area (Å²) in [5, 5.41) is 15.3. The lowest BCUT2D eigenvalue weighted by atomic mass is 10.1. The first-order valence-corrected chi connectivity index (χ1v) is 9.92. The van der Waals surface area contributed by atoms with Crippen molar-refractivity contribution < 1.29 is 19.0 Å². The van der Waals surface area contributed by atoms with Crippen LogP contribution in [0.25, 0.3) is 10.9 Å². The molecule has 2 aromatic heterocycles. The predicted octanol–water partition coefficient (Wildman–Crippen LogP) is 2.51. The maximum absolute atomic E-state index is 15.2. The Bertz CT molecular complexity index is 1200. The minimum absolute atomic E-state index is 0.0472. The van der Waals surface area contributed by atoms with Gasteiger partial charge in [-0.15, -0.1) is 0 Å². The van der Waals surface area contributed by atoms with Crippen LogP contribution in [0.15, 0.2) is 35.4 Å². The molecule has 0 saturated heterocycles. The SMILES string of the molecule is Nc1c(F)c(NCCNc2ccccn2)c2c3c1c(=O)c(C(=O)O)cn3CCCCO2. The van der Waals surface area contributed by atoms with Crippen LogP contribution < -0.4 is 26.5 Å². The highest BCUT2D eigenvalue weighted by Gasteiger charge is 2.27. The monoisotopic (exact) mass is 427 g/mol. The third-order valence-electron chi connectivity index (χ3n) is 5.12. The molecule has 0 radical (unpaired) electrons. The Kier molecular flexibility index (Phi) is 5.61. The van der Waals surface area contributed by atoms with E-state index in [9.17, 15) is 14.7 Å². The lowest BCUT2D eigenvalue weighted by Gasteiger charge is -2.23. The maximum Gasteiger partial charge on any atom is 0.341 e. The van der Waals surface area contributed by atoms with E-state index in [2.05, 4.69) is 15.6 Å². The van der Waals surface area contributed by atoms with E-state index in [0.717, 1.165) is 0 Å². The Balaban J connectivity index is 1.76. The zero-order chi connectivity index (χ0) is 22.0. The van der Waals surface area contributed by atoms with Gasteiger partial charge in [-0.1, -0.05) is 6.07 Å². The number of hydrogen-bond donors (Lipinski definition) is 4. The normalized spacial score (nSPS) is 13.2. The van der Waals surface area contributed by atoms with Crippen LogP contribution in [-0.2, 0) is 6.54 Å². The fourth-order valence-electron chi connectivity index (χ4n) is 3.65. The summed E-state index contributed by atoms with van der Waals surface area (Å²) in [7, 11) is 0. The number of carbonyl (C=O) groups is 1. The Morgan fingerprint density at radius 1 is 1.29 bits per heavy atom. The van der Waals surface area contributed by atoms with E-state index in [1.54, 1.807) is 16.8 Å². The molecule has 0 aliphatic carbocycles. The number of rotatable bonds is 6. The Labute approximate surface area is 176 Å². The second kappa shape index (κ2) is 8.50. The van der Waals surface area contributed by atoms with Crippen molar-refractivity contribution >= 4 is 34.1 Å². The number of nitrogen functional groups attached to an aromatic ring is 1. The summed E-state index contributed by atoms with van der Waals surface area (Å²) in [5.74, 6) is -1.38. The van der Waals surface area contributed by atoms with Crippen LogP contribution in [0, 0.1) is 5.82 Å². The molecule has 4 rings (SSSR count). The van der Waals surface area contributed by atoms with Crippen molar-refractivity contribution in [1.29, 1.82) is 0 Å². The highest BCUT2D eigenvalue weighted by molar-refractivity contribution is 6.03. The summed E-state index contributed by atoms with van der Waals surface area (Å²) in [4.78, 5) is 28.5. The molecule has 162 valence electrons. The van der Waals surface area contributed by atoms with Gasteiger partial charge in [0.2, 0.25) is 5.43 Å². The standard InChI is InChI=1S/C21H22FN5O4/c22-15-16(23)14-18-20(17(15)26-8-7-25-13-5-1-2-6-24-13)31-10-4-3-9-27(18)11-12(19(14)28)21(29)30/h1-2,5-6,11,26H,3-4,7-10,23H2,(H,24,25)(H,29,30). The zero-order valence-corrected chi connectivity index (χ0v) is 16.7. The van der Waals surface area contributed by atoms with E-state index >= 15 is 4.39 Å². The molecule has 0 spiro atoms. The number of carboxylic acid groups (broad SMARTS) is 1. The summed E-state index contributed by atoms with van der Waals surface area (Å²) in [5.41, 5.74) is 4.65. The van der Waals surface area contributed by atoms with Gasteiger partial charge in [0.1, 0.15) is 17.1 Å². The molecule has 1 aliphatic heterocycles. The number of nitrogens with one attached hydrogen (secondary N) is 2. The summed E-state index contributed by atoms with van der Waals surface area (Å²) >= 11 is 0. The first kappa shape index (κ1) is 20.5. The highest BCUT2D eigenvalue weighted by atomic mass is 19.1. The van der Waals surface area contributed by atoms with Crippen molar-refractivity contribution in [3.05, 3.63) is 52.2 Å². The number of aromatic carboxylic acids is 1. The number of aromatic nitrogens is 2. The summed E-state index contributed by atoms with van der Waals surface area (Å²) in [6.07, 6.45) is 4.34. The van der Waals surface area contributed by atoms with Gasteiger partial charge in [0.15, 0.2) is 11.6 Å². The Morgan fingerprint density at radius 2 is 2.10 bits per heavy atom. The first-order chi connectivity index (χ1) is 15.0. The highest BCUT2D eigenvalue weighted by Crippen LogP contribution is 2.40. The summed E-state index contributed by atoms with van der Waals surface area (Å²) < 4.78 is 22.7. The summed E-state index contributed by atoms with van der Waals surface area (Å²) in [6.45, 7) is 1.57.